The van der Waals surface area contributed by atoms with Crippen LogP contribution in [0, 0.1) is 11.6 Å². The minimum absolute atomic E-state index is 0.0232. The zero-order valence-corrected chi connectivity index (χ0v) is 21.8. The average molecular weight is 519 g/mol. The van der Waals surface area contributed by atoms with Gasteiger partial charge >= 0.3 is 5.63 Å². The summed E-state index contributed by atoms with van der Waals surface area (Å²) in [5, 5.41) is 0.394. The lowest BCUT2D eigenvalue weighted by atomic mass is 9.77. The Morgan fingerprint density at radius 1 is 0.842 bits per heavy atom. The third-order valence-corrected chi connectivity index (χ3v) is 7.53. The number of hydrogen-bond acceptors (Lipinski definition) is 4. The van der Waals surface area contributed by atoms with Gasteiger partial charge in [-0.2, -0.15) is 0 Å². The Morgan fingerprint density at radius 3 is 2.24 bits per heavy atom. The molecule has 198 valence electrons. The van der Waals surface area contributed by atoms with Crippen LogP contribution in [0.3, 0.4) is 0 Å². The highest BCUT2D eigenvalue weighted by atomic mass is 19.1. The van der Waals surface area contributed by atoms with E-state index in [0.29, 0.717) is 29.1 Å². The summed E-state index contributed by atoms with van der Waals surface area (Å²) in [6.07, 6.45) is 4.01. The van der Waals surface area contributed by atoms with Crippen molar-refractivity contribution in [2.45, 2.75) is 64.4 Å². The Kier molecular flexibility index (Phi) is 7.77. The maximum Gasteiger partial charge on any atom is 0.346 e. The lowest BCUT2D eigenvalue weighted by Gasteiger charge is -2.28. The molecule has 4 aromatic rings. The van der Waals surface area contributed by atoms with Gasteiger partial charge in [0.1, 0.15) is 29.3 Å². The molecular formula is C32H32F2O4. The standard InChI is InChI=1S/C32H32F2O4/c1-3-20-5-7-21(8-6-20)19-37-28-16-13-24-17-29(38-32(35)30(24)31(28)34)23-11-9-22(10-12-23)26-15-14-25(36-4-2)18-27(26)33/h5-8,13-18,22-23H,3-4,9-12,19H2,1-2H3. The molecule has 0 amide bonds. The van der Waals surface area contributed by atoms with Gasteiger partial charge < -0.3 is 13.9 Å². The summed E-state index contributed by atoms with van der Waals surface area (Å²) in [5.41, 5.74) is 2.14. The van der Waals surface area contributed by atoms with Crippen molar-refractivity contribution >= 4 is 10.8 Å². The SMILES string of the molecule is CCOc1ccc(C2CCC(c3cc4ccc(OCc5ccc(CC)cc5)c(F)c4c(=O)o3)CC2)c(F)c1. The van der Waals surface area contributed by atoms with Gasteiger partial charge in [-0.25, -0.2) is 13.6 Å². The summed E-state index contributed by atoms with van der Waals surface area (Å²) < 4.78 is 46.6. The fourth-order valence-corrected chi connectivity index (χ4v) is 5.37. The van der Waals surface area contributed by atoms with Crippen LogP contribution in [0.2, 0.25) is 0 Å². The normalized spacial score (nSPS) is 17.5. The van der Waals surface area contributed by atoms with E-state index in [1.165, 1.54) is 11.6 Å². The highest BCUT2D eigenvalue weighted by Gasteiger charge is 2.28. The molecule has 5 rings (SSSR count). The molecule has 3 aromatic carbocycles. The van der Waals surface area contributed by atoms with Crippen LogP contribution in [0.15, 0.2) is 69.9 Å². The van der Waals surface area contributed by atoms with Crippen molar-refractivity contribution in [3.8, 4) is 11.5 Å². The van der Waals surface area contributed by atoms with E-state index in [1.54, 1.807) is 18.2 Å². The van der Waals surface area contributed by atoms with Gasteiger partial charge in [0.25, 0.3) is 0 Å². The summed E-state index contributed by atoms with van der Waals surface area (Å²) in [6, 6.07) is 18.0. The Balaban J connectivity index is 1.28. The second-order valence-electron chi connectivity index (χ2n) is 9.90. The van der Waals surface area contributed by atoms with Gasteiger partial charge in [-0.15, -0.1) is 0 Å². The molecule has 1 saturated carbocycles. The van der Waals surface area contributed by atoms with Crippen LogP contribution in [0.4, 0.5) is 8.78 Å². The van der Waals surface area contributed by atoms with E-state index < -0.39 is 11.4 Å². The Bertz CT molecular complexity index is 1470. The van der Waals surface area contributed by atoms with Gasteiger partial charge in [0.2, 0.25) is 0 Å². The topological polar surface area (TPSA) is 48.7 Å². The van der Waals surface area contributed by atoms with Crippen LogP contribution in [0.1, 0.15) is 73.8 Å². The van der Waals surface area contributed by atoms with Crippen LogP contribution >= 0.6 is 0 Å². The molecular weight excluding hydrogens is 486 g/mol. The maximum absolute atomic E-state index is 15.2. The van der Waals surface area contributed by atoms with E-state index in [4.69, 9.17) is 13.9 Å². The maximum atomic E-state index is 15.2. The molecule has 1 aromatic heterocycles. The number of fused-ring (bicyclic) bond motifs is 1. The summed E-state index contributed by atoms with van der Waals surface area (Å²) >= 11 is 0. The Labute approximate surface area is 221 Å². The van der Waals surface area contributed by atoms with Crippen molar-refractivity contribution in [2.75, 3.05) is 6.61 Å². The first-order chi connectivity index (χ1) is 18.5. The number of hydrogen-bond donors (Lipinski definition) is 0. The summed E-state index contributed by atoms with van der Waals surface area (Å²) in [4.78, 5) is 12.9. The average Bonchev–Trinajstić information content (AvgIpc) is 2.93. The smallest absolute Gasteiger partial charge is 0.346 e. The molecule has 1 heterocycles. The van der Waals surface area contributed by atoms with E-state index >= 15 is 4.39 Å². The first kappa shape index (κ1) is 26.0. The summed E-state index contributed by atoms with van der Waals surface area (Å²) in [6.45, 7) is 4.65. The second kappa shape index (κ2) is 11.4. The van der Waals surface area contributed by atoms with Gasteiger partial charge in [0, 0.05) is 12.0 Å². The zero-order chi connectivity index (χ0) is 26.6. The first-order valence-corrected chi connectivity index (χ1v) is 13.4. The van der Waals surface area contributed by atoms with Crippen LogP contribution < -0.4 is 15.1 Å². The summed E-state index contributed by atoms with van der Waals surface area (Å²) in [5.74, 6) is 0.286. The second-order valence-corrected chi connectivity index (χ2v) is 9.90. The predicted molar refractivity (Wildman–Crippen MR) is 144 cm³/mol. The van der Waals surface area contributed by atoms with Crippen molar-refractivity contribution in [1.82, 2.24) is 0 Å². The van der Waals surface area contributed by atoms with Crippen LogP contribution in [0.5, 0.6) is 11.5 Å². The van der Waals surface area contributed by atoms with Gasteiger partial charge in [-0.3, -0.25) is 0 Å². The lowest BCUT2D eigenvalue weighted by Crippen LogP contribution is -2.15. The summed E-state index contributed by atoms with van der Waals surface area (Å²) in [7, 11) is 0. The molecule has 0 spiro atoms. The van der Waals surface area contributed by atoms with E-state index in [-0.39, 0.29) is 35.4 Å². The van der Waals surface area contributed by atoms with Gasteiger partial charge in [-0.05, 0) is 85.2 Å². The fourth-order valence-electron chi connectivity index (χ4n) is 5.37. The predicted octanol–water partition coefficient (Wildman–Crippen LogP) is 8.05. The largest absolute Gasteiger partial charge is 0.494 e. The molecule has 1 aliphatic rings. The molecule has 4 nitrogen and oxygen atoms in total. The molecule has 1 aliphatic carbocycles. The van der Waals surface area contributed by atoms with E-state index in [9.17, 15) is 9.18 Å². The first-order valence-electron chi connectivity index (χ1n) is 13.4. The number of aryl methyl sites for hydroxylation is 1. The minimum atomic E-state index is -0.706. The number of ether oxygens (including phenoxy) is 2. The molecule has 0 atom stereocenters. The van der Waals surface area contributed by atoms with Crippen molar-refractivity contribution in [3.63, 3.8) is 0 Å². The van der Waals surface area contributed by atoms with Crippen molar-refractivity contribution in [1.29, 1.82) is 0 Å². The molecule has 0 saturated heterocycles. The third kappa shape index (κ3) is 5.45. The Morgan fingerprint density at radius 2 is 1.55 bits per heavy atom. The number of rotatable bonds is 8. The molecule has 0 unspecified atom stereocenters. The quantitative estimate of drug-likeness (QED) is 0.237. The molecule has 38 heavy (non-hydrogen) atoms. The molecule has 0 N–H and O–H groups in total. The van der Waals surface area contributed by atoms with Crippen LogP contribution in [0.25, 0.3) is 10.8 Å². The number of benzene rings is 3. The highest BCUT2D eigenvalue weighted by Crippen LogP contribution is 2.42. The zero-order valence-electron chi connectivity index (χ0n) is 21.8. The molecule has 0 radical (unpaired) electrons. The molecule has 1 fully saturated rings. The van der Waals surface area contributed by atoms with Crippen molar-refractivity contribution < 1.29 is 22.7 Å². The van der Waals surface area contributed by atoms with Crippen LogP contribution in [-0.4, -0.2) is 6.61 Å². The van der Waals surface area contributed by atoms with Gasteiger partial charge in [0.05, 0.1) is 6.61 Å². The minimum Gasteiger partial charge on any atom is -0.494 e. The molecule has 0 aliphatic heterocycles. The van der Waals surface area contributed by atoms with E-state index in [0.717, 1.165) is 37.7 Å². The Hall–Kier alpha value is -3.67. The molecule has 6 heteroatoms. The van der Waals surface area contributed by atoms with Crippen molar-refractivity contribution in [2.24, 2.45) is 0 Å². The third-order valence-electron chi connectivity index (χ3n) is 7.53. The van der Waals surface area contributed by atoms with Gasteiger partial charge in [-0.1, -0.05) is 43.3 Å². The van der Waals surface area contributed by atoms with Gasteiger partial charge in [0.15, 0.2) is 11.6 Å². The van der Waals surface area contributed by atoms with Crippen molar-refractivity contribution in [3.05, 3.63) is 105 Å². The van der Waals surface area contributed by atoms with E-state index in [1.807, 2.05) is 43.3 Å². The van der Waals surface area contributed by atoms with E-state index in [2.05, 4.69) is 6.92 Å². The fraction of sp³-hybridized carbons (Fsp3) is 0.344. The monoisotopic (exact) mass is 518 g/mol. The highest BCUT2D eigenvalue weighted by molar-refractivity contribution is 5.83. The number of halogens is 2. The lowest BCUT2D eigenvalue weighted by molar-refractivity contribution is 0.291. The molecule has 0 bridgehead atoms. The van der Waals surface area contributed by atoms with Crippen LogP contribution in [-0.2, 0) is 13.0 Å².